The number of hydrogen-bond acceptors (Lipinski definition) is 2. The molecule has 98 valence electrons. The Morgan fingerprint density at radius 2 is 1.68 bits per heavy atom. The minimum absolute atomic E-state index is 0.165. The van der Waals surface area contributed by atoms with Crippen LogP contribution in [0.25, 0.3) is 0 Å². The molecule has 2 nitrogen and oxygen atoms in total. The Labute approximate surface area is 134 Å². The Morgan fingerprint density at radius 3 is 2.47 bits per heavy atom. The lowest BCUT2D eigenvalue weighted by atomic mass is 10.0. The molecule has 3 rings (SSSR count). The summed E-state index contributed by atoms with van der Waals surface area (Å²) < 4.78 is 12.4. The molecule has 0 N–H and O–H groups in total. The first-order chi connectivity index (χ1) is 9.24. The highest BCUT2D eigenvalue weighted by Crippen LogP contribution is 2.37. The van der Waals surface area contributed by atoms with Gasteiger partial charge < -0.3 is 9.47 Å². The molecule has 0 bridgehead atoms. The molecule has 19 heavy (non-hydrogen) atoms. The molecule has 0 saturated carbocycles. The predicted octanol–water partition coefficient (Wildman–Crippen LogP) is 4.55. The summed E-state index contributed by atoms with van der Waals surface area (Å²) in [5.74, 6) is 1.66. The second kappa shape index (κ2) is 5.71. The predicted molar refractivity (Wildman–Crippen MR) is 87.4 cm³/mol. The molecule has 1 aliphatic heterocycles. The highest BCUT2D eigenvalue weighted by Gasteiger charge is 2.16. The Kier molecular flexibility index (Phi) is 3.98. The Bertz CT molecular complexity index is 600. The molecule has 0 amide bonds. The lowest BCUT2D eigenvalue weighted by molar-refractivity contribution is 0.171. The van der Waals surface area contributed by atoms with Crippen LogP contribution in [0.3, 0.4) is 0 Å². The van der Waals surface area contributed by atoms with E-state index >= 15 is 0 Å². The molecule has 0 fully saturated rings. The second-order valence-corrected chi connectivity index (χ2v) is 6.48. The summed E-state index contributed by atoms with van der Waals surface area (Å²) in [6, 6.07) is 14.6. The number of benzene rings is 2. The highest BCUT2D eigenvalue weighted by atomic mass is 127. The molecular weight excluding hydrogens is 419 g/mol. The van der Waals surface area contributed by atoms with Crippen LogP contribution in [0.5, 0.6) is 11.5 Å². The zero-order valence-corrected chi connectivity index (χ0v) is 13.8. The third-order valence-corrected chi connectivity index (χ3v) is 4.73. The molecule has 0 radical (unpaired) electrons. The van der Waals surface area contributed by atoms with Crippen molar-refractivity contribution in [1.29, 1.82) is 0 Å². The van der Waals surface area contributed by atoms with Crippen LogP contribution >= 0.6 is 38.5 Å². The fourth-order valence-electron chi connectivity index (χ4n) is 2.07. The van der Waals surface area contributed by atoms with Gasteiger partial charge in [0, 0.05) is 3.57 Å². The van der Waals surface area contributed by atoms with Crippen molar-refractivity contribution in [2.24, 2.45) is 0 Å². The van der Waals surface area contributed by atoms with Gasteiger partial charge in [0.1, 0.15) is 13.2 Å². The van der Waals surface area contributed by atoms with Gasteiger partial charge in [0.15, 0.2) is 11.5 Å². The standard InChI is InChI=1S/C15H12BrIO2/c16-15(10-2-1-3-12(17)8-10)11-4-5-13-14(9-11)19-7-6-18-13/h1-5,8-9,15H,6-7H2. The third-order valence-electron chi connectivity index (χ3n) is 3.00. The number of rotatable bonds is 2. The van der Waals surface area contributed by atoms with E-state index in [1.807, 2.05) is 12.1 Å². The van der Waals surface area contributed by atoms with E-state index in [1.165, 1.54) is 14.7 Å². The van der Waals surface area contributed by atoms with Crippen molar-refractivity contribution in [2.45, 2.75) is 4.83 Å². The number of hydrogen-bond donors (Lipinski definition) is 0. The first-order valence-electron chi connectivity index (χ1n) is 6.03. The van der Waals surface area contributed by atoms with Gasteiger partial charge in [-0.05, 0) is 58.0 Å². The summed E-state index contributed by atoms with van der Waals surface area (Å²) in [6.07, 6.45) is 0. The van der Waals surface area contributed by atoms with E-state index in [9.17, 15) is 0 Å². The third kappa shape index (κ3) is 2.89. The molecule has 2 aromatic carbocycles. The van der Waals surface area contributed by atoms with E-state index < -0.39 is 0 Å². The van der Waals surface area contributed by atoms with E-state index in [-0.39, 0.29) is 4.83 Å². The minimum Gasteiger partial charge on any atom is -0.486 e. The summed E-state index contributed by atoms with van der Waals surface area (Å²) in [7, 11) is 0. The topological polar surface area (TPSA) is 18.5 Å². The molecule has 1 unspecified atom stereocenters. The van der Waals surface area contributed by atoms with Gasteiger partial charge in [-0.1, -0.05) is 34.1 Å². The molecular formula is C15H12BrIO2. The average Bonchev–Trinajstić information content (AvgIpc) is 2.46. The highest BCUT2D eigenvalue weighted by molar-refractivity contribution is 14.1. The van der Waals surface area contributed by atoms with Gasteiger partial charge in [-0.3, -0.25) is 0 Å². The molecule has 0 aromatic heterocycles. The van der Waals surface area contributed by atoms with Gasteiger partial charge in [0.05, 0.1) is 4.83 Å². The summed E-state index contributed by atoms with van der Waals surface area (Å²) >= 11 is 6.08. The van der Waals surface area contributed by atoms with Crippen molar-refractivity contribution in [3.63, 3.8) is 0 Å². The van der Waals surface area contributed by atoms with Crippen LogP contribution in [0.1, 0.15) is 16.0 Å². The number of alkyl halides is 1. The quantitative estimate of drug-likeness (QED) is 0.514. The molecule has 0 aliphatic carbocycles. The smallest absolute Gasteiger partial charge is 0.161 e. The molecule has 1 aliphatic rings. The van der Waals surface area contributed by atoms with Crippen LogP contribution in [-0.2, 0) is 0 Å². The maximum atomic E-state index is 5.63. The van der Waals surface area contributed by atoms with Gasteiger partial charge in [-0.2, -0.15) is 0 Å². The second-order valence-electron chi connectivity index (χ2n) is 4.32. The van der Waals surface area contributed by atoms with Crippen molar-refractivity contribution < 1.29 is 9.47 Å². The van der Waals surface area contributed by atoms with Crippen LogP contribution in [0.2, 0.25) is 0 Å². The first kappa shape index (κ1) is 13.2. The van der Waals surface area contributed by atoms with Gasteiger partial charge in [0.25, 0.3) is 0 Å². The summed E-state index contributed by atoms with van der Waals surface area (Å²) in [5.41, 5.74) is 2.41. The van der Waals surface area contributed by atoms with Crippen molar-refractivity contribution in [2.75, 3.05) is 13.2 Å². The fourth-order valence-corrected chi connectivity index (χ4v) is 3.21. The zero-order chi connectivity index (χ0) is 13.2. The van der Waals surface area contributed by atoms with Gasteiger partial charge >= 0.3 is 0 Å². The maximum absolute atomic E-state index is 5.63. The van der Waals surface area contributed by atoms with Crippen LogP contribution in [-0.4, -0.2) is 13.2 Å². The normalized spacial score (nSPS) is 15.1. The van der Waals surface area contributed by atoms with Crippen molar-refractivity contribution >= 4 is 38.5 Å². The van der Waals surface area contributed by atoms with Crippen molar-refractivity contribution in [3.8, 4) is 11.5 Å². The minimum atomic E-state index is 0.165. The van der Waals surface area contributed by atoms with E-state index in [4.69, 9.17) is 9.47 Å². The van der Waals surface area contributed by atoms with Crippen LogP contribution in [0.4, 0.5) is 0 Å². The number of halogens is 2. The monoisotopic (exact) mass is 430 g/mol. The molecule has 0 spiro atoms. The molecule has 4 heteroatoms. The van der Waals surface area contributed by atoms with Crippen LogP contribution in [0, 0.1) is 3.57 Å². The van der Waals surface area contributed by atoms with E-state index in [0.29, 0.717) is 13.2 Å². The Balaban J connectivity index is 1.93. The molecule has 1 heterocycles. The fraction of sp³-hybridized carbons (Fsp3) is 0.200. The van der Waals surface area contributed by atoms with E-state index in [0.717, 1.165) is 11.5 Å². The average molecular weight is 431 g/mol. The number of ether oxygens (including phenoxy) is 2. The summed E-state index contributed by atoms with van der Waals surface area (Å²) in [6.45, 7) is 1.24. The van der Waals surface area contributed by atoms with Crippen molar-refractivity contribution in [1.82, 2.24) is 0 Å². The Hall–Kier alpha value is -0.750. The van der Waals surface area contributed by atoms with Gasteiger partial charge in [0.2, 0.25) is 0 Å². The molecule has 1 atom stereocenters. The van der Waals surface area contributed by atoms with E-state index in [1.54, 1.807) is 0 Å². The Morgan fingerprint density at radius 1 is 0.947 bits per heavy atom. The lowest BCUT2D eigenvalue weighted by Crippen LogP contribution is -2.15. The summed E-state index contributed by atoms with van der Waals surface area (Å²) in [4.78, 5) is 0.165. The summed E-state index contributed by atoms with van der Waals surface area (Å²) in [5, 5.41) is 0. The zero-order valence-electron chi connectivity index (χ0n) is 10.1. The lowest BCUT2D eigenvalue weighted by Gasteiger charge is -2.20. The maximum Gasteiger partial charge on any atom is 0.161 e. The number of fused-ring (bicyclic) bond motifs is 1. The first-order valence-corrected chi connectivity index (χ1v) is 8.02. The van der Waals surface area contributed by atoms with Gasteiger partial charge in [-0.25, -0.2) is 0 Å². The van der Waals surface area contributed by atoms with Crippen molar-refractivity contribution in [3.05, 3.63) is 57.2 Å². The van der Waals surface area contributed by atoms with Gasteiger partial charge in [-0.15, -0.1) is 0 Å². The van der Waals surface area contributed by atoms with E-state index in [2.05, 4.69) is 68.9 Å². The largest absolute Gasteiger partial charge is 0.486 e. The molecule has 0 saturated heterocycles. The van der Waals surface area contributed by atoms with Crippen LogP contribution in [0.15, 0.2) is 42.5 Å². The van der Waals surface area contributed by atoms with Crippen LogP contribution < -0.4 is 9.47 Å². The SMILES string of the molecule is BrC(c1cccc(I)c1)c1ccc2c(c1)OCCO2. The molecule has 2 aromatic rings.